The van der Waals surface area contributed by atoms with Crippen molar-refractivity contribution in [1.82, 2.24) is 15.0 Å². The molecule has 1 amide bonds. The molecular formula is C16H13ClFN5O. The first kappa shape index (κ1) is 15.9. The Kier molecular flexibility index (Phi) is 4.43. The highest BCUT2D eigenvalue weighted by Crippen LogP contribution is 2.20. The van der Waals surface area contributed by atoms with Crippen molar-refractivity contribution in [3.63, 3.8) is 0 Å². The SMILES string of the molecule is Nc1c(C(=O)Nc2ccc(F)c(Cl)c2)nnn1Cc1ccccc1. The van der Waals surface area contributed by atoms with Crippen molar-refractivity contribution in [3.8, 4) is 0 Å². The number of nitrogens with two attached hydrogens (primary N) is 1. The maximum atomic E-state index is 13.1. The van der Waals surface area contributed by atoms with Crippen LogP contribution in [0.3, 0.4) is 0 Å². The molecule has 3 N–H and O–H groups in total. The van der Waals surface area contributed by atoms with Crippen LogP contribution in [0.4, 0.5) is 15.9 Å². The van der Waals surface area contributed by atoms with Gasteiger partial charge in [0.15, 0.2) is 11.5 Å². The smallest absolute Gasteiger partial charge is 0.280 e. The highest BCUT2D eigenvalue weighted by Gasteiger charge is 2.18. The molecule has 0 bridgehead atoms. The van der Waals surface area contributed by atoms with Gasteiger partial charge in [-0.05, 0) is 23.8 Å². The lowest BCUT2D eigenvalue weighted by molar-refractivity contribution is 0.102. The number of nitrogens with zero attached hydrogens (tertiary/aromatic N) is 3. The highest BCUT2D eigenvalue weighted by molar-refractivity contribution is 6.31. The Morgan fingerprint density at radius 1 is 1.25 bits per heavy atom. The highest BCUT2D eigenvalue weighted by atomic mass is 35.5. The van der Waals surface area contributed by atoms with Crippen LogP contribution in [0, 0.1) is 5.82 Å². The monoisotopic (exact) mass is 345 g/mol. The van der Waals surface area contributed by atoms with Crippen LogP contribution in [-0.2, 0) is 6.54 Å². The Bertz CT molecular complexity index is 881. The molecule has 6 nitrogen and oxygen atoms in total. The average Bonchev–Trinajstić information content (AvgIpc) is 2.93. The average molecular weight is 346 g/mol. The summed E-state index contributed by atoms with van der Waals surface area (Å²) in [5, 5.41) is 10.2. The van der Waals surface area contributed by atoms with Crippen LogP contribution in [0.2, 0.25) is 5.02 Å². The second kappa shape index (κ2) is 6.67. The summed E-state index contributed by atoms with van der Waals surface area (Å²) in [6.07, 6.45) is 0. The molecule has 0 aliphatic heterocycles. The molecule has 1 heterocycles. The van der Waals surface area contributed by atoms with Crippen molar-refractivity contribution in [3.05, 3.63) is 70.6 Å². The van der Waals surface area contributed by atoms with Gasteiger partial charge in [-0.2, -0.15) is 0 Å². The zero-order valence-corrected chi connectivity index (χ0v) is 13.2. The van der Waals surface area contributed by atoms with E-state index in [1.807, 2.05) is 30.3 Å². The van der Waals surface area contributed by atoms with E-state index >= 15 is 0 Å². The topological polar surface area (TPSA) is 85.8 Å². The van der Waals surface area contributed by atoms with Gasteiger partial charge in [0, 0.05) is 5.69 Å². The van der Waals surface area contributed by atoms with Crippen LogP contribution in [0.5, 0.6) is 0 Å². The molecule has 0 atom stereocenters. The molecule has 2 aromatic carbocycles. The molecule has 0 saturated heterocycles. The lowest BCUT2D eigenvalue weighted by Gasteiger charge is -2.06. The third kappa shape index (κ3) is 3.36. The van der Waals surface area contributed by atoms with E-state index < -0.39 is 11.7 Å². The molecule has 0 aliphatic rings. The minimum atomic E-state index is -0.567. The van der Waals surface area contributed by atoms with Crippen molar-refractivity contribution in [1.29, 1.82) is 0 Å². The van der Waals surface area contributed by atoms with E-state index in [1.54, 1.807) is 0 Å². The minimum Gasteiger partial charge on any atom is -0.382 e. The Balaban J connectivity index is 1.77. The number of aromatic nitrogens is 3. The van der Waals surface area contributed by atoms with Crippen LogP contribution in [0.1, 0.15) is 16.1 Å². The lowest BCUT2D eigenvalue weighted by atomic mass is 10.2. The lowest BCUT2D eigenvalue weighted by Crippen LogP contribution is -2.15. The molecule has 1 aromatic heterocycles. The van der Waals surface area contributed by atoms with E-state index in [2.05, 4.69) is 15.6 Å². The van der Waals surface area contributed by atoms with E-state index in [-0.39, 0.29) is 16.5 Å². The van der Waals surface area contributed by atoms with E-state index in [1.165, 1.54) is 16.8 Å². The second-order valence-corrected chi connectivity index (χ2v) is 5.46. The number of halogens is 2. The van der Waals surface area contributed by atoms with Crippen molar-refractivity contribution in [2.45, 2.75) is 6.54 Å². The van der Waals surface area contributed by atoms with E-state index in [4.69, 9.17) is 17.3 Å². The van der Waals surface area contributed by atoms with E-state index in [9.17, 15) is 9.18 Å². The Labute approximate surface area is 142 Å². The first-order valence-electron chi connectivity index (χ1n) is 7.04. The molecule has 0 unspecified atom stereocenters. The van der Waals surface area contributed by atoms with Gasteiger partial charge < -0.3 is 11.1 Å². The number of carbonyl (C=O) groups is 1. The predicted molar refractivity (Wildman–Crippen MR) is 89.3 cm³/mol. The van der Waals surface area contributed by atoms with Crippen molar-refractivity contribution < 1.29 is 9.18 Å². The zero-order valence-electron chi connectivity index (χ0n) is 12.4. The summed E-state index contributed by atoms with van der Waals surface area (Å²) in [4.78, 5) is 12.3. The Morgan fingerprint density at radius 2 is 2.00 bits per heavy atom. The number of nitrogen functional groups attached to an aromatic ring is 1. The zero-order chi connectivity index (χ0) is 17.1. The number of hydrogen-bond donors (Lipinski definition) is 2. The Hall–Kier alpha value is -2.93. The van der Waals surface area contributed by atoms with E-state index in [0.29, 0.717) is 12.2 Å². The number of amides is 1. The van der Waals surface area contributed by atoms with E-state index in [0.717, 1.165) is 11.6 Å². The number of rotatable bonds is 4. The largest absolute Gasteiger partial charge is 0.382 e. The van der Waals surface area contributed by atoms with Gasteiger partial charge in [-0.15, -0.1) is 5.10 Å². The van der Waals surface area contributed by atoms with Crippen LogP contribution in [-0.4, -0.2) is 20.9 Å². The normalized spacial score (nSPS) is 10.6. The van der Waals surface area contributed by atoms with Crippen molar-refractivity contribution in [2.75, 3.05) is 11.1 Å². The molecule has 0 saturated carbocycles. The second-order valence-electron chi connectivity index (χ2n) is 5.05. The predicted octanol–water partition coefficient (Wildman–Crippen LogP) is 2.95. The quantitative estimate of drug-likeness (QED) is 0.761. The van der Waals surface area contributed by atoms with Gasteiger partial charge >= 0.3 is 0 Å². The van der Waals surface area contributed by atoms with Gasteiger partial charge in [-0.25, -0.2) is 9.07 Å². The number of nitrogens with one attached hydrogen (secondary N) is 1. The third-order valence-electron chi connectivity index (χ3n) is 3.34. The molecule has 8 heteroatoms. The van der Waals surface area contributed by atoms with Gasteiger partial charge in [0.2, 0.25) is 0 Å². The molecule has 0 aliphatic carbocycles. The summed E-state index contributed by atoms with van der Waals surface area (Å²) in [5.74, 6) is -0.970. The molecule has 0 fully saturated rings. The summed E-state index contributed by atoms with van der Waals surface area (Å²) in [5.41, 5.74) is 7.26. The summed E-state index contributed by atoms with van der Waals surface area (Å²) in [6, 6.07) is 13.4. The van der Waals surface area contributed by atoms with Crippen molar-refractivity contribution in [2.24, 2.45) is 0 Å². The van der Waals surface area contributed by atoms with Crippen LogP contribution in [0.15, 0.2) is 48.5 Å². The molecular weight excluding hydrogens is 333 g/mol. The maximum absolute atomic E-state index is 13.1. The summed E-state index contributed by atoms with van der Waals surface area (Å²) < 4.78 is 14.6. The van der Waals surface area contributed by atoms with Gasteiger partial charge in [0.05, 0.1) is 11.6 Å². The summed E-state index contributed by atoms with van der Waals surface area (Å²) in [6.45, 7) is 0.398. The number of hydrogen-bond acceptors (Lipinski definition) is 4. The molecule has 0 radical (unpaired) electrons. The molecule has 3 rings (SSSR count). The fourth-order valence-electron chi connectivity index (χ4n) is 2.12. The number of benzene rings is 2. The molecule has 3 aromatic rings. The fraction of sp³-hybridized carbons (Fsp3) is 0.0625. The standard InChI is InChI=1S/C16H13ClFN5O/c17-12-8-11(6-7-13(12)18)20-16(24)14-15(19)23(22-21-14)9-10-4-2-1-3-5-10/h1-8H,9,19H2,(H,20,24). The van der Waals surface area contributed by atoms with Gasteiger partial charge in [-0.3, -0.25) is 4.79 Å². The summed E-state index contributed by atoms with van der Waals surface area (Å²) >= 11 is 5.69. The number of carbonyl (C=O) groups excluding carboxylic acids is 1. The van der Waals surface area contributed by atoms with Crippen LogP contribution in [0.25, 0.3) is 0 Å². The number of anilines is 2. The van der Waals surface area contributed by atoms with Crippen LogP contribution < -0.4 is 11.1 Å². The van der Waals surface area contributed by atoms with Crippen molar-refractivity contribution >= 4 is 29.0 Å². The first-order chi connectivity index (χ1) is 11.5. The molecule has 122 valence electrons. The molecule has 0 spiro atoms. The molecule has 24 heavy (non-hydrogen) atoms. The first-order valence-corrected chi connectivity index (χ1v) is 7.41. The minimum absolute atomic E-state index is 0.00798. The Morgan fingerprint density at radius 3 is 2.71 bits per heavy atom. The maximum Gasteiger partial charge on any atom is 0.280 e. The third-order valence-corrected chi connectivity index (χ3v) is 3.63. The van der Waals surface area contributed by atoms with Gasteiger partial charge in [0.25, 0.3) is 5.91 Å². The van der Waals surface area contributed by atoms with Gasteiger partial charge in [0.1, 0.15) is 5.82 Å². The van der Waals surface area contributed by atoms with Gasteiger partial charge in [-0.1, -0.05) is 47.1 Å². The van der Waals surface area contributed by atoms with Crippen LogP contribution >= 0.6 is 11.6 Å². The summed E-state index contributed by atoms with van der Waals surface area (Å²) in [7, 11) is 0. The fourth-order valence-corrected chi connectivity index (χ4v) is 2.30.